The van der Waals surface area contributed by atoms with Crippen LogP contribution in [0, 0.1) is 5.92 Å². The SMILES string of the molecule is O=C1Nc2ccccc2CC1C(=O)N1CCCO1. The lowest BCUT2D eigenvalue weighted by Gasteiger charge is -2.26. The van der Waals surface area contributed by atoms with Crippen molar-refractivity contribution in [2.24, 2.45) is 5.92 Å². The zero-order valence-electron chi connectivity index (χ0n) is 9.89. The van der Waals surface area contributed by atoms with Crippen molar-refractivity contribution in [2.75, 3.05) is 18.5 Å². The molecule has 1 aromatic rings. The lowest BCUT2D eigenvalue weighted by molar-refractivity contribution is -0.174. The van der Waals surface area contributed by atoms with Crippen LogP contribution in [-0.4, -0.2) is 30.0 Å². The number of para-hydroxylation sites is 1. The van der Waals surface area contributed by atoms with Gasteiger partial charge in [0.1, 0.15) is 5.92 Å². The van der Waals surface area contributed by atoms with Crippen LogP contribution in [0.15, 0.2) is 24.3 Å². The monoisotopic (exact) mass is 246 g/mol. The molecule has 1 unspecified atom stereocenters. The summed E-state index contributed by atoms with van der Waals surface area (Å²) in [6, 6.07) is 7.55. The van der Waals surface area contributed by atoms with Crippen LogP contribution in [0.5, 0.6) is 0 Å². The van der Waals surface area contributed by atoms with Gasteiger partial charge in [-0.2, -0.15) is 0 Å². The summed E-state index contributed by atoms with van der Waals surface area (Å²) in [4.78, 5) is 29.3. The van der Waals surface area contributed by atoms with Crippen molar-refractivity contribution in [3.05, 3.63) is 29.8 Å². The van der Waals surface area contributed by atoms with Gasteiger partial charge in [-0.3, -0.25) is 14.4 Å². The molecule has 18 heavy (non-hydrogen) atoms. The minimum absolute atomic E-state index is 0.237. The molecule has 2 aliphatic rings. The van der Waals surface area contributed by atoms with E-state index >= 15 is 0 Å². The van der Waals surface area contributed by atoms with Gasteiger partial charge in [0.25, 0.3) is 5.91 Å². The van der Waals surface area contributed by atoms with Crippen LogP contribution in [-0.2, 0) is 20.8 Å². The molecule has 0 aliphatic carbocycles. The van der Waals surface area contributed by atoms with Gasteiger partial charge in [0.05, 0.1) is 13.2 Å². The Labute approximate surface area is 105 Å². The van der Waals surface area contributed by atoms with Crippen molar-refractivity contribution in [2.45, 2.75) is 12.8 Å². The number of carbonyl (C=O) groups is 2. The fraction of sp³-hybridized carbons (Fsp3) is 0.385. The lowest BCUT2D eigenvalue weighted by atomic mass is 9.92. The first-order chi connectivity index (χ1) is 8.75. The van der Waals surface area contributed by atoms with E-state index in [9.17, 15) is 9.59 Å². The van der Waals surface area contributed by atoms with Crippen LogP contribution < -0.4 is 5.32 Å². The fourth-order valence-electron chi connectivity index (χ4n) is 2.35. The summed E-state index contributed by atoms with van der Waals surface area (Å²) in [6.45, 7) is 1.13. The maximum atomic E-state index is 12.2. The van der Waals surface area contributed by atoms with Gasteiger partial charge in [0.2, 0.25) is 5.91 Å². The summed E-state index contributed by atoms with van der Waals surface area (Å²) in [7, 11) is 0. The summed E-state index contributed by atoms with van der Waals surface area (Å²) in [5.74, 6) is -1.15. The van der Waals surface area contributed by atoms with Crippen LogP contribution in [0.25, 0.3) is 0 Å². The van der Waals surface area contributed by atoms with Gasteiger partial charge in [-0.25, -0.2) is 5.06 Å². The van der Waals surface area contributed by atoms with Crippen LogP contribution >= 0.6 is 0 Å². The van der Waals surface area contributed by atoms with Gasteiger partial charge in [-0.1, -0.05) is 18.2 Å². The molecular weight excluding hydrogens is 232 g/mol. The van der Waals surface area contributed by atoms with Gasteiger partial charge in [0.15, 0.2) is 0 Å². The largest absolute Gasteiger partial charge is 0.325 e. The maximum absolute atomic E-state index is 12.2. The Morgan fingerprint density at radius 3 is 3.00 bits per heavy atom. The quantitative estimate of drug-likeness (QED) is 0.751. The zero-order chi connectivity index (χ0) is 12.5. The molecule has 1 N–H and O–H groups in total. The third-order valence-corrected chi connectivity index (χ3v) is 3.31. The molecule has 5 nitrogen and oxygen atoms in total. The third kappa shape index (κ3) is 1.86. The molecule has 1 saturated heterocycles. The number of anilines is 1. The highest BCUT2D eigenvalue weighted by Crippen LogP contribution is 2.26. The van der Waals surface area contributed by atoms with Crippen molar-refractivity contribution >= 4 is 17.5 Å². The van der Waals surface area contributed by atoms with E-state index in [0.717, 1.165) is 17.7 Å². The van der Waals surface area contributed by atoms with Crippen LogP contribution in [0.2, 0.25) is 0 Å². The number of amides is 2. The number of hydrogen-bond donors (Lipinski definition) is 1. The van der Waals surface area contributed by atoms with E-state index in [0.29, 0.717) is 19.6 Å². The van der Waals surface area contributed by atoms with Gasteiger partial charge in [-0.15, -0.1) is 0 Å². The molecule has 2 heterocycles. The zero-order valence-corrected chi connectivity index (χ0v) is 9.89. The van der Waals surface area contributed by atoms with Crippen molar-refractivity contribution in [3.63, 3.8) is 0 Å². The Hall–Kier alpha value is -1.88. The van der Waals surface area contributed by atoms with E-state index in [-0.39, 0.29) is 11.8 Å². The Morgan fingerprint density at radius 1 is 1.39 bits per heavy atom. The number of nitrogens with one attached hydrogen (secondary N) is 1. The van der Waals surface area contributed by atoms with E-state index in [2.05, 4.69) is 5.32 Å². The Bertz CT molecular complexity index is 495. The smallest absolute Gasteiger partial charge is 0.259 e. The van der Waals surface area contributed by atoms with E-state index in [1.54, 1.807) is 0 Å². The highest BCUT2D eigenvalue weighted by atomic mass is 16.7. The second-order valence-electron chi connectivity index (χ2n) is 4.53. The van der Waals surface area contributed by atoms with Gasteiger partial charge in [0, 0.05) is 5.69 Å². The lowest BCUT2D eigenvalue weighted by Crippen LogP contribution is -2.42. The molecule has 0 saturated carbocycles. The summed E-state index contributed by atoms with van der Waals surface area (Å²) in [5, 5.41) is 4.09. The highest BCUT2D eigenvalue weighted by molar-refractivity contribution is 6.08. The standard InChI is InChI=1S/C13H14N2O3/c16-12-10(13(17)15-6-3-7-18-15)8-9-4-1-2-5-11(9)14-12/h1-2,4-5,10H,3,6-8H2,(H,14,16). The van der Waals surface area contributed by atoms with Crippen molar-refractivity contribution < 1.29 is 14.4 Å². The first-order valence-electron chi connectivity index (χ1n) is 6.09. The number of fused-ring (bicyclic) bond motifs is 1. The normalized spacial score (nSPS) is 22.6. The molecule has 0 spiro atoms. The minimum atomic E-state index is -0.669. The molecule has 2 amide bonds. The van der Waals surface area contributed by atoms with Crippen molar-refractivity contribution in [3.8, 4) is 0 Å². The number of rotatable bonds is 1. The van der Waals surface area contributed by atoms with E-state index < -0.39 is 5.92 Å². The maximum Gasteiger partial charge on any atom is 0.259 e. The summed E-state index contributed by atoms with van der Waals surface area (Å²) in [5.41, 5.74) is 1.79. The molecule has 1 aromatic carbocycles. The van der Waals surface area contributed by atoms with Crippen LogP contribution in [0.4, 0.5) is 5.69 Å². The molecule has 3 rings (SSSR count). The number of hydrogen-bond acceptors (Lipinski definition) is 3. The number of hydroxylamine groups is 2. The molecule has 0 radical (unpaired) electrons. The molecule has 0 aromatic heterocycles. The first-order valence-corrected chi connectivity index (χ1v) is 6.09. The van der Waals surface area contributed by atoms with Gasteiger partial charge < -0.3 is 5.32 Å². The predicted octanol–water partition coefficient (Wildman–Crippen LogP) is 0.961. The molecule has 1 atom stereocenters. The predicted molar refractivity (Wildman–Crippen MR) is 64.5 cm³/mol. The average molecular weight is 246 g/mol. The van der Waals surface area contributed by atoms with E-state index in [4.69, 9.17) is 4.84 Å². The van der Waals surface area contributed by atoms with Crippen molar-refractivity contribution in [1.82, 2.24) is 5.06 Å². The molecule has 2 aliphatic heterocycles. The molecule has 0 bridgehead atoms. The van der Waals surface area contributed by atoms with E-state index in [1.807, 2.05) is 24.3 Å². The number of carbonyl (C=O) groups excluding carboxylic acids is 2. The Morgan fingerprint density at radius 2 is 2.22 bits per heavy atom. The molecular formula is C13H14N2O3. The second kappa shape index (κ2) is 4.42. The summed E-state index contributed by atoms with van der Waals surface area (Å²) < 4.78 is 0. The molecule has 94 valence electrons. The van der Waals surface area contributed by atoms with Gasteiger partial charge in [-0.05, 0) is 24.5 Å². The van der Waals surface area contributed by atoms with E-state index in [1.165, 1.54) is 5.06 Å². The summed E-state index contributed by atoms with van der Waals surface area (Å²) in [6.07, 6.45) is 1.28. The first kappa shape index (κ1) is 11.2. The third-order valence-electron chi connectivity index (χ3n) is 3.31. The topological polar surface area (TPSA) is 58.6 Å². The molecule has 1 fully saturated rings. The van der Waals surface area contributed by atoms with Crippen LogP contribution in [0.3, 0.4) is 0 Å². The number of benzene rings is 1. The van der Waals surface area contributed by atoms with Crippen molar-refractivity contribution in [1.29, 1.82) is 0 Å². The number of nitrogens with zero attached hydrogens (tertiary/aromatic N) is 1. The molecule has 5 heteroatoms. The average Bonchev–Trinajstić information content (AvgIpc) is 2.91. The Balaban J connectivity index is 1.82. The second-order valence-corrected chi connectivity index (χ2v) is 4.53. The summed E-state index contributed by atoms with van der Waals surface area (Å²) >= 11 is 0. The van der Waals surface area contributed by atoms with Crippen LogP contribution in [0.1, 0.15) is 12.0 Å². The fourth-order valence-corrected chi connectivity index (χ4v) is 2.35. The van der Waals surface area contributed by atoms with Gasteiger partial charge >= 0.3 is 0 Å². The minimum Gasteiger partial charge on any atom is -0.325 e. The highest BCUT2D eigenvalue weighted by Gasteiger charge is 2.36. The Kier molecular flexibility index (Phi) is 2.76.